The zero-order valence-electron chi connectivity index (χ0n) is 8.79. The second-order valence-electron chi connectivity index (χ2n) is 3.27. The summed E-state index contributed by atoms with van der Waals surface area (Å²) in [7, 11) is -3.66. The molecular weight excluding hydrogens is 242 g/mol. The molecule has 0 amide bonds. The van der Waals surface area contributed by atoms with Crippen molar-refractivity contribution in [3.05, 3.63) is 36.7 Å². The first-order valence-corrected chi connectivity index (χ1v) is 6.25. The molecule has 2 aromatic heterocycles. The van der Waals surface area contributed by atoms with E-state index in [0.29, 0.717) is 5.82 Å². The quantitative estimate of drug-likeness (QED) is 0.702. The van der Waals surface area contributed by atoms with E-state index in [9.17, 15) is 8.42 Å². The van der Waals surface area contributed by atoms with Gasteiger partial charge in [-0.05, 0) is 6.07 Å². The van der Waals surface area contributed by atoms with Crippen LogP contribution in [0, 0.1) is 0 Å². The number of aromatic amines is 1. The SMILES string of the molecule is Nc1ccncc1S(=O)(=O)NCc1ncc[nH]1. The molecule has 8 heteroatoms. The molecule has 0 bridgehead atoms. The number of rotatable bonds is 4. The van der Waals surface area contributed by atoms with Crippen molar-refractivity contribution in [1.82, 2.24) is 19.7 Å². The standard InChI is InChI=1S/C9H11N5O2S/c10-7-1-2-11-5-8(7)17(15,16)14-6-9-12-3-4-13-9/h1-5,14H,6H2,(H2,10,11)(H,12,13). The monoisotopic (exact) mass is 253 g/mol. The maximum absolute atomic E-state index is 11.9. The molecule has 0 spiro atoms. The van der Waals surface area contributed by atoms with E-state index in [1.165, 1.54) is 18.5 Å². The summed E-state index contributed by atoms with van der Waals surface area (Å²) in [5, 5.41) is 0. The predicted molar refractivity (Wildman–Crippen MR) is 61.3 cm³/mol. The van der Waals surface area contributed by atoms with E-state index in [2.05, 4.69) is 19.7 Å². The van der Waals surface area contributed by atoms with Gasteiger partial charge in [-0.3, -0.25) is 4.98 Å². The number of aromatic nitrogens is 3. The van der Waals surface area contributed by atoms with E-state index >= 15 is 0 Å². The van der Waals surface area contributed by atoms with Crippen LogP contribution in [0.4, 0.5) is 5.69 Å². The Morgan fingerprint density at radius 2 is 2.24 bits per heavy atom. The molecule has 0 aliphatic heterocycles. The Balaban J connectivity index is 2.17. The number of pyridine rings is 1. The van der Waals surface area contributed by atoms with Gasteiger partial charge in [0.2, 0.25) is 10.0 Å². The second-order valence-corrected chi connectivity index (χ2v) is 5.01. The van der Waals surface area contributed by atoms with Crippen LogP contribution < -0.4 is 10.5 Å². The Bertz CT molecular complexity index is 594. The molecule has 0 fully saturated rings. The van der Waals surface area contributed by atoms with E-state index in [1.807, 2.05) is 0 Å². The Kier molecular flexibility index (Phi) is 3.07. The van der Waals surface area contributed by atoms with E-state index in [4.69, 9.17) is 5.73 Å². The molecule has 17 heavy (non-hydrogen) atoms. The van der Waals surface area contributed by atoms with E-state index < -0.39 is 10.0 Å². The van der Waals surface area contributed by atoms with Crippen LogP contribution in [0.1, 0.15) is 5.82 Å². The molecular formula is C9H11N5O2S. The van der Waals surface area contributed by atoms with Crippen molar-refractivity contribution in [3.8, 4) is 0 Å². The number of anilines is 1. The average molecular weight is 253 g/mol. The van der Waals surface area contributed by atoms with Crippen molar-refractivity contribution in [2.24, 2.45) is 0 Å². The second kappa shape index (κ2) is 4.52. The third kappa shape index (κ3) is 2.60. The number of H-pyrrole nitrogens is 1. The van der Waals surface area contributed by atoms with E-state index in [-0.39, 0.29) is 17.1 Å². The highest BCUT2D eigenvalue weighted by Crippen LogP contribution is 2.15. The van der Waals surface area contributed by atoms with Gasteiger partial charge in [-0.25, -0.2) is 18.1 Å². The lowest BCUT2D eigenvalue weighted by Crippen LogP contribution is -2.24. The Hall–Kier alpha value is -1.93. The Morgan fingerprint density at radius 3 is 2.88 bits per heavy atom. The predicted octanol–water partition coefficient (Wildman–Crippen LogP) is -0.135. The Morgan fingerprint density at radius 1 is 1.41 bits per heavy atom. The molecule has 0 aliphatic rings. The van der Waals surface area contributed by atoms with Gasteiger partial charge in [0, 0.05) is 24.8 Å². The maximum Gasteiger partial charge on any atom is 0.244 e. The van der Waals surface area contributed by atoms with Gasteiger partial charge in [-0.15, -0.1) is 0 Å². The number of imidazole rings is 1. The first-order valence-electron chi connectivity index (χ1n) is 4.77. The van der Waals surface area contributed by atoms with Gasteiger partial charge < -0.3 is 10.7 Å². The van der Waals surface area contributed by atoms with Gasteiger partial charge in [-0.2, -0.15) is 0 Å². The van der Waals surface area contributed by atoms with Crippen molar-refractivity contribution < 1.29 is 8.42 Å². The number of sulfonamides is 1. The van der Waals surface area contributed by atoms with Crippen molar-refractivity contribution in [2.75, 3.05) is 5.73 Å². The molecule has 0 unspecified atom stereocenters. The number of nitrogen functional groups attached to an aromatic ring is 1. The van der Waals surface area contributed by atoms with Crippen LogP contribution in [0.15, 0.2) is 35.7 Å². The highest BCUT2D eigenvalue weighted by atomic mass is 32.2. The first-order chi connectivity index (χ1) is 8.09. The topological polar surface area (TPSA) is 114 Å². The molecule has 2 aromatic rings. The lowest BCUT2D eigenvalue weighted by Gasteiger charge is -2.06. The normalized spacial score (nSPS) is 11.5. The summed E-state index contributed by atoms with van der Waals surface area (Å²) in [5.74, 6) is 0.524. The summed E-state index contributed by atoms with van der Waals surface area (Å²) >= 11 is 0. The van der Waals surface area contributed by atoms with Crippen molar-refractivity contribution in [1.29, 1.82) is 0 Å². The minimum Gasteiger partial charge on any atom is -0.398 e. The van der Waals surface area contributed by atoms with Crippen LogP contribution in [0.3, 0.4) is 0 Å². The maximum atomic E-state index is 11.9. The molecule has 0 aliphatic carbocycles. The van der Waals surface area contributed by atoms with Gasteiger partial charge >= 0.3 is 0 Å². The largest absolute Gasteiger partial charge is 0.398 e. The number of hydrogen-bond donors (Lipinski definition) is 3. The fourth-order valence-corrected chi connectivity index (χ4v) is 2.31. The molecule has 0 atom stereocenters. The van der Waals surface area contributed by atoms with Crippen LogP contribution in [0.25, 0.3) is 0 Å². The lowest BCUT2D eigenvalue weighted by molar-refractivity contribution is 0.579. The van der Waals surface area contributed by atoms with Crippen molar-refractivity contribution >= 4 is 15.7 Å². The van der Waals surface area contributed by atoms with Gasteiger partial charge in [0.05, 0.1) is 12.2 Å². The fourth-order valence-electron chi connectivity index (χ4n) is 1.25. The molecule has 7 nitrogen and oxygen atoms in total. The fraction of sp³-hybridized carbons (Fsp3) is 0.111. The summed E-state index contributed by atoms with van der Waals surface area (Å²) in [5.41, 5.74) is 5.73. The van der Waals surface area contributed by atoms with Gasteiger partial charge in [0.15, 0.2) is 0 Å². The minimum atomic E-state index is -3.66. The van der Waals surface area contributed by atoms with Gasteiger partial charge in [0.25, 0.3) is 0 Å². The zero-order chi connectivity index (χ0) is 12.3. The van der Waals surface area contributed by atoms with E-state index in [0.717, 1.165) is 0 Å². The lowest BCUT2D eigenvalue weighted by atomic mass is 10.4. The molecule has 0 saturated heterocycles. The molecule has 0 radical (unpaired) electrons. The average Bonchev–Trinajstić information content (AvgIpc) is 2.80. The van der Waals surface area contributed by atoms with Crippen LogP contribution in [-0.2, 0) is 16.6 Å². The third-order valence-electron chi connectivity index (χ3n) is 2.09. The Labute approximate surface area is 98.2 Å². The molecule has 4 N–H and O–H groups in total. The van der Waals surface area contributed by atoms with Crippen LogP contribution >= 0.6 is 0 Å². The highest BCUT2D eigenvalue weighted by molar-refractivity contribution is 7.89. The minimum absolute atomic E-state index is 0.0356. The summed E-state index contributed by atoms with van der Waals surface area (Å²) in [6, 6.07) is 1.43. The van der Waals surface area contributed by atoms with Crippen LogP contribution in [0.2, 0.25) is 0 Å². The molecule has 0 aromatic carbocycles. The highest BCUT2D eigenvalue weighted by Gasteiger charge is 2.17. The summed E-state index contributed by atoms with van der Waals surface area (Å²) in [6.45, 7) is 0.0731. The smallest absolute Gasteiger partial charge is 0.244 e. The number of nitrogens with one attached hydrogen (secondary N) is 2. The van der Waals surface area contributed by atoms with E-state index in [1.54, 1.807) is 12.4 Å². The summed E-state index contributed by atoms with van der Waals surface area (Å²) < 4.78 is 26.1. The number of hydrogen-bond acceptors (Lipinski definition) is 5. The van der Waals surface area contributed by atoms with Crippen LogP contribution in [-0.4, -0.2) is 23.4 Å². The molecule has 2 heterocycles. The zero-order valence-corrected chi connectivity index (χ0v) is 9.61. The van der Waals surface area contributed by atoms with Gasteiger partial charge in [0.1, 0.15) is 10.7 Å². The molecule has 2 rings (SSSR count). The number of nitrogens with two attached hydrogens (primary N) is 1. The number of nitrogens with zero attached hydrogens (tertiary/aromatic N) is 2. The first kappa shape index (κ1) is 11.6. The van der Waals surface area contributed by atoms with Crippen molar-refractivity contribution in [2.45, 2.75) is 11.4 Å². The molecule has 90 valence electrons. The summed E-state index contributed by atoms with van der Waals surface area (Å²) in [6.07, 6.45) is 5.80. The third-order valence-corrected chi connectivity index (χ3v) is 3.53. The van der Waals surface area contributed by atoms with Crippen LogP contribution in [0.5, 0.6) is 0 Å². The van der Waals surface area contributed by atoms with Crippen molar-refractivity contribution in [3.63, 3.8) is 0 Å². The summed E-state index contributed by atoms with van der Waals surface area (Å²) in [4.78, 5) is 10.4. The molecule has 0 saturated carbocycles. The van der Waals surface area contributed by atoms with Gasteiger partial charge in [-0.1, -0.05) is 0 Å².